The first-order valence-corrected chi connectivity index (χ1v) is 23.8. The van der Waals surface area contributed by atoms with Crippen molar-refractivity contribution < 1.29 is 77.6 Å². The van der Waals surface area contributed by atoms with Crippen molar-refractivity contribution in [1.29, 1.82) is 0 Å². The molecule has 9 aliphatic carbocycles. The Labute approximate surface area is 372 Å². The van der Waals surface area contributed by atoms with Gasteiger partial charge in [-0.2, -0.15) is 0 Å². The molecule has 9 saturated carbocycles. The molecule has 2 unspecified atom stereocenters. The summed E-state index contributed by atoms with van der Waals surface area (Å²) in [7, 11) is 0. The molecule has 16 heteroatoms. The van der Waals surface area contributed by atoms with Gasteiger partial charge in [-0.15, -0.1) is 0 Å². The van der Waals surface area contributed by atoms with E-state index in [9.17, 15) is 39.6 Å². The quantitative estimate of drug-likeness (QED) is 0.222. The highest BCUT2D eigenvalue weighted by atomic mass is 16.7. The van der Waals surface area contributed by atoms with Gasteiger partial charge in [0.25, 0.3) is 0 Å². The van der Waals surface area contributed by atoms with Crippen molar-refractivity contribution in [1.82, 2.24) is 0 Å². The van der Waals surface area contributed by atoms with Crippen LogP contribution in [0.2, 0.25) is 0 Å². The van der Waals surface area contributed by atoms with Gasteiger partial charge in [-0.05, 0) is 101 Å². The number of esters is 4. The molecule has 13 rings (SSSR count). The number of fused-ring (bicyclic) bond motifs is 7. The van der Waals surface area contributed by atoms with Crippen molar-refractivity contribution in [2.75, 3.05) is 26.4 Å². The standard InChI is InChI=1S/C48H64O16/c1-23(49)59-19-39(5)31(63-25(3)51)11-13-41-21-61-47(57,35(53)33(39)41)45-17-27(7-9-29(41)45)43(37(45)55)15-16-44(43)28-8-10-30-42-14-12-32(64-26(4)52)40(6,20-60-24(2)50)34(42)36(54)48(58,62-22-42)46(30,18-28)38(44)56/h27-36,53-54,57-58H,7-22H2,1-6H3/t27-,28-,29+,30+,31+,32+,33-,34-,35+,36?,39-,40-,41-,42-,43+,44+,45+,46+,47-,48?/m1/s1. The fraction of sp³-hybridized carbons (Fsp3) is 0.875. The number of ether oxygens (including phenoxy) is 6. The summed E-state index contributed by atoms with van der Waals surface area (Å²) in [5.41, 5.74) is -9.63. The second kappa shape index (κ2) is 12.9. The minimum atomic E-state index is -2.37. The zero-order valence-electron chi connectivity index (χ0n) is 37.8. The van der Waals surface area contributed by atoms with Crippen molar-refractivity contribution >= 4 is 35.4 Å². The molecule has 16 nitrogen and oxygen atoms in total. The predicted octanol–water partition coefficient (Wildman–Crippen LogP) is 2.71. The smallest absolute Gasteiger partial charge is 0.302 e. The van der Waals surface area contributed by atoms with Crippen LogP contribution in [0, 0.1) is 78.8 Å². The molecule has 13 aliphatic rings. The minimum Gasteiger partial charge on any atom is -0.465 e. The molecule has 0 aromatic rings. The van der Waals surface area contributed by atoms with E-state index >= 15 is 9.59 Å². The number of carbonyl (C=O) groups is 6. The average molecular weight is 897 g/mol. The molecule has 4 saturated heterocycles. The second-order valence-electron chi connectivity index (χ2n) is 23.2. The molecule has 4 heterocycles. The largest absolute Gasteiger partial charge is 0.465 e. The molecule has 4 N–H and O–H groups in total. The number of hydrogen-bond acceptors (Lipinski definition) is 16. The summed E-state index contributed by atoms with van der Waals surface area (Å²) in [5.74, 6) is -10.5. The van der Waals surface area contributed by atoms with Gasteiger partial charge in [0.1, 0.15) is 37.6 Å². The zero-order chi connectivity index (χ0) is 45.8. The van der Waals surface area contributed by atoms with Crippen LogP contribution >= 0.6 is 0 Å². The lowest BCUT2D eigenvalue weighted by molar-refractivity contribution is -0.444. The van der Waals surface area contributed by atoms with Crippen LogP contribution in [0.25, 0.3) is 0 Å². The molecule has 0 aromatic heterocycles. The number of hydrogen-bond donors (Lipinski definition) is 4. The van der Waals surface area contributed by atoms with Gasteiger partial charge in [0, 0.05) is 72.0 Å². The summed E-state index contributed by atoms with van der Waals surface area (Å²) in [5, 5.41) is 51.9. The second-order valence-corrected chi connectivity index (χ2v) is 23.2. The highest BCUT2D eigenvalue weighted by Gasteiger charge is 2.94. The van der Waals surface area contributed by atoms with Crippen LogP contribution in [0.4, 0.5) is 0 Å². The first kappa shape index (κ1) is 43.5. The zero-order valence-corrected chi connectivity index (χ0v) is 37.8. The van der Waals surface area contributed by atoms with Crippen LogP contribution < -0.4 is 0 Å². The van der Waals surface area contributed by atoms with Gasteiger partial charge in [0.15, 0.2) is 11.6 Å². The third kappa shape index (κ3) is 4.37. The molecule has 13 fully saturated rings. The predicted molar refractivity (Wildman–Crippen MR) is 215 cm³/mol. The fourth-order valence-electron chi connectivity index (χ4n) is 19.8. The third-order valence-electron chi connectivity index (χ3n) is 21.5. The van der Waals surface area contributed by atoms with E-state index in [1.54, 1.807) is 0 Å². The number of rotatable bonds is 6. The van der Waals surface area contributed by atoms with Crippen molar-refractivity contribution in [3.8, 4) is 0 Å². The molecule has 6 spiro atoms. The molecule has 352 valence electrons. The Bertz CT molecular complexity index is 2010. The van der Waals surface area contributed by atoms with Crippen LogP contribution in [0.3, 0.4) is 0 Å². The monoisotopic (exact) mass is 896 g/mol. The summed E-state index contributed by atoms with van der Waals surface area (Å²) in [6.45, 7) is 8.53. The molecular formula is C48H64O16. The van der Waals surface area contributed by atoms with Crippen molar-refractivity contribution in [3.63, 3.8) is 0 Å². The molecule has 4 aliphatic heterocycles. The normalized spacial score (nSPS) is 56.7. The highest BCUT2D eigenvalue weighted by Crippen LogP contribution is 2.88. The summed E-state index contributed by atoms with van der Waals surface area (Å²) < 4.78 is 36.0. The topological polar surface area (TPSA) is 239 Å². The van der Waals surface area contributed by atoms with E-state index in [1.807, 2.05) is 13.8 Å². The van der Waals surface area contributed by atoms with Crippen molar-refractivity contribution in [2.45, 2.75) is 155 Å². The maximum atomic E-state index is 16.4. The van der Waals surface area contributed by atoms with E-state index in [4.69, 9.17) is 28.4 Å². The lowest BCUT2D eigenvalue weighted by atomic mass is 9.35. The molecule has 64 heavy (non-hydrogen) atoms. The van der Waals surface area contributed by atoms with Crippen LogP contribution in [0.15, 0.2) is 0 Å². The number of carbonyl (C=O) groups excluding carboxylic acids is 6. The van der Waals surface area contributed by atoms with E-state index in [0.717, 1.165) is 0 Å². The lowest BCUT2D eigenvalue weighted by Gasteiger charge is -2.74. The van der Waals surface area contributed by atoms with E-state index in [2.05, 4.69) is 0 Å². The summed E-state index contributed by atoms with van der Waals surface area (Å²) >= 11 is 0. The Morgan fingerprint density at radius 2 is 0.938 bits per heavy atom. The molecule has 8 bridgehead atoms. The number of ketones is 2. The molecule has 0 amide bonds. The van der Waals surface area contributed by atoms with E-state index in [-0.39, 0.29) is 62.7 Å². The van der Waals surface area contributed by atoms with Crippen LogP contribution in [-0.2, 0) is 57.2 Å². The molecule has 0 aromatic carbocycles. The Hall–Kier alpha value is -3.02. The van der Waals surface area contributed by atoms with E-state index in [1.165, 1.54) is 27.7 Å². The lowest BCUT2D eigenvalue weighted by Crippen LogP contribution is -2.84. The Morgan fingerprint density at radius 1 is 0.562 bits per heavy atom. The van der Waals surface area contributed by atoms with Gasteiger partial charge in [-0.3, -0.25) is 28.8 Å². The Morgan fingerprint density at radius 3 is 1.27 bits per heavy atom. The summed E-state index contributed by atoms with van der Waals surface area (Å²) in [6, 6.07) is 0. The first-order valence-electron chi connectivity index (χ1n) is 23.8. The number of aliphatic hydroxyl groups excluding tert-OH is 2. The van der Waals surface area contributed by atoms with Gasteiger partial charge in [-0.1, -0.05) is 13.8 Å². The maximum absolute atomic E-state index is 16.4. The minimum absolute atomic E-state index is 0.0444. The van der Waals surface area contributed by atoms with Crippen LogP contribution in [0.5, 0.6) is 0 Å². The molecular weight excluding hydrogens is 833 g/mol. The van der Waals surface area contributed by atoms with E-state index < -0.39 is 127 Å². The maximum Gasteiger partial charge on any atom is 0.302 e. The fourth-order valence-corrected chi connectivity index (χ4v) is 19.8. The summed E-state index contributed by atoms with van der Waals surface area (Å²) in [4.78, 5) is 82.3. The molecule has 0 radical (unpaired) electrons. The Balaban J connectivity index is 0.998. The average Bonchev–Trinajstić information content (AvgIpc) is 3.56. The van der Waals surface area contributed by atoms with Crippen LogP contribution in [-0.4, -0.2) is 118 Å². The van der Waals surface area contributed by atoms with Gasteiger partial charge in [0.2, 0.25) is 11.6 Å². The van der Waals surface area contributed by atoms with Crippen molar-refractivity contribution in [3.05, 3.63) is 0 Å². The SMILES string of the molecule is CC(=O)OC[C@]1(C)[C@@H](OC(C)=O)CC[C@]23COC(O)(C(O)[C@H]12)[C@@]12C[C@@H](CC[C@@H]31)[C@@]1(CC[C@]13C(=O)[C@]14C[C@H]3CC[C@H]1[C@]13CC[C@H](OC(C)=O)[C@@](C)(COC(C)=O)[C@H]1[C@H](O)[C@@]4(O)OC3)C2=O. The summed E-state index contributed by atoms with van der Waals surface area (Å²) in [6.07, 6.45) is 0.249. The van der Waals surface area contributed by atoms with Gasteiger partial charge >= 0.3 is 23.9 Å². The third-order valence-corrected chi connectivity index (χ3v) is 21.5. The highest BCUT2D eigenvalue weighted by molar-refractivity contribution is 6.07. The van der Waals surface area contributed by atoms with Crippen LogP contribution in [0.1, 0.15) is 119 Å². The van der Waals surface area contributed by atoms with E-state index in [0.29, 0.717) is 64.2 Å². The first-order chi connectivity index (χ1) is 30.0. The van der Waals surface area contributed by atoms with Gasteiger partial charge in [-0.25, -0.2) is 0 Å². The number of Topliss-reactive ketones (excluding diaryl/α,β-unsaturated/α-hetero) is 2. The molecule has 20 atom stereocenters. The van der Waals surface area contributed by atoms with Crippen molar-refractivity contribution in [2.24, 2.45) is 78.8 Å². The number of aliphatic hydroxyl groups is 4. The van der Waals surface area contributed by atoms with Gasteiger partial charge < -0.3 is 48.8 Å². The Kier molecular flexibility index (Phi) is 8.80. The van der Waals surface area contributed by atoms with Gasteiger partial charge in [0.05, 0.1) is 24.0 Å².